The molecule has 2 N–H and O–H groups in total. The van der Waals surface area contributed by atoms with E-state index in [1.807, 2.05) is 26.8 Å². The highest BCUT2D eigenvalue weighted by molar-refractivity contribution is 6.07. The minimum Gasteiger partial charge on any atom is -0.454 e. The highest BCUT2D eigenvalue weighted by Gasteiger charge is 2.24. The van der Waals surface area contributed by atoms with Crippen LogP contribution >= 0.6 is 0 Å². The third-order valence-corrected chi connectivity index (χ3v) is 5.52. The van der Waals surface area contributed by atoms with Gasteiger partial charge in [0.15, 0.2) is 6.61 Å². The molecule has 0 atom stereocenters. The lowest BCUT2D eigenvalue weighted by Gasteiger charge is -2.16. The highest BCUT2D eigenvalue weighted by atomic mass is 16.5. The number of hydrogen-bond donors (Lipinski definition) is 1. The van der Waals surface area contributed by atoms with E-state index >= 15 is 0 Å². The maximum atomic E-state index is 13.0. The van der Waals surface area contributed by atoms with Crippen LogP contribution in [0.4, 0.5) is 5.82 Å². The summed E-state index contributed by atoms with van der Waals surface area (Å²) in [6.07, 6.45) is 0.625. The number of aryl methyl sites for hydroxylation is 1. The number of esters is 1. The summed E-state index contributed by atoms with van der Waals surface area (Å²) in [5, 5.41) is 0.616. The summed E-state index contributed by atoms with van der Waals surface area (Å²) in [5.41, 5.74) is 6.66. The van der Waals surface area contributed by atoms with Gasteiger partial charge in [-0.3, -0.25) is 23.7 Å². The Morgan fingerprint density at radius 3 is 2.45 bits per heavy atom. The Hall–Kier alpha value is -3.75. The van der Waals surface area contributed by atoms with Crippen molar-refractivity contribution < 1.29 is 14.3 Å². The number of ketones is 1. The van der Waals surface area contributed by atoms with Gasteiger partial charge in [-0.15, -0.1) is 0 Å². The molecule has 0 amide bonds. The highest BCUT2D eigenvalue weighted by Crippen LogP contribution is 2.24. The molecule has 174 valence electrons. The first-order chi connectivity index (χ1) is 15.6. The number of carbonyl (C=O) groups is 2. The molecule has 0 unspecified atom stereocenters. The van der Waals surface area contributed by atoms with Crippen molar-refractivity contribution in [3.05, 3.63) is 67.5 Å². The molecule has 0 saturated heterocycles. The van der Waals surface area contributed by atoms with E-state index in [1.165, 1.54) is 11.6 Å². The van der Waals surface area contributed by atoms with Gasteiger partial charge in [-0.2, -0.15) is 0 Å². The third-order valence-electron chi connectivity index (χ3n) is 5.52. The predicted molar refractivity (Wildman–Crippen MR) is 126 cm³/mol. The summed E-state index contributed by atoms with van der Waals surface area (Å²) in [6, 6.07) is 7.19. The summed E-state index contributed by atoms with van der Waals surface area (Å²) in [5.74, 6) is -1.64. The summed E-state index contributed by atoms with van der Waals surface area (Å²) < 4.78 is 7.35. The van der Waals surface area contributed by atoms with E-state index in [4.69, 9.17) is 10.5 Å². The quantitative estimate of drug-likeness (QED) is 0.430. The van der Waals surface area contributed by atoms with Crippen LogP contribution in [-0.2, 0) is 24.8 Å². The fourth-order valence-corrected chi connectivity index (χ4v) is 3.83. The van der Waals surface area contributed by atoms with E-state index in [2.05, 4.69) is 4.98 Å². The number of benzene rings is 1. The number of nitrogen functional groups attached to an aromatic ring is 1. The van der Waals surface area contributed by atoms with Crippen LogP contribution in [0, 0.1) is 12.8 Å². The average molecular weight is 453 g/mol. The lowest BCUT2D eigenvalue weighted by molar-refractivity contribution is 0.0475. The van der Waals surface area contributed by atoms with E-state index in [9.17, 15) is 19.2 Å². The molecule has 0 spiro atoms. The molecule has 2 heterocycles. The lowest BCUT2D eigenvalue weighted by Crippen LogP contribution is -2.43. The zero-order valence-electron chi connectivity index (χ0n) is 19.5. The van der Waals surface area contributed by atoms with Gasteiger partial charge in [0.1, 0.15) is 11.4 Å². The van der Waals surface area contributed by atoms with E-state index in [0.29, 0.717) is 28.5 Å². The van der Waals surface area contributed by atoms with Crippen LogP contribution in [-0.4, -0.2) is 32.5 Å². The summed E-state index contributed by atoms with van der Waals surface area (Å²) >= 11 is 0. The number of para-hydroxylation sites is 1. The molecular formula is C24H28N4O5. The average Bonchev–Trinajstić information content (AvgIpc) is 2.78. The van der Waals surface area contributed by atoms with Gasteiger partial charge in [0.25, 0.3) is 5.56 Å². The molecule has 0 aliphatic carbocycles. The second-order valence-electron chi connectivity index (χ2n) is 8.34. The van der Waals surface area contributed by atoms with E-state index in [-0.39, 0.29) is 23.8 Å². The number of nitrogens with two attached hydrogens (primary N) is 1. The van der Waals surface area contributed by atoms with Gasteiger partial charge in [-0.25, -0.2) is 9.59 Å². The lowest BCUT2D eigenvalue weighted by atomic mass is 10.0. The number of hydrogen-bond acceptors (Lipinski definition) is 7. The number of anilines is 1. The third kappa shape index (κ3) is 4.44. The minimum absolute atomic E-state index is 0.0546. The van der Waals surface area contributed by atoms with E-state index in [1.54, 1.807) is 25.1 Å². The van der Waals surface area contributed by atoms with Crippen molar-refractivity contribution in [2.75, 3.05) is 12.3 Å². The van der Waals surface area contributed by atoms with Gasteiger partial charge >= 0.3 is 11.7 Å². The van der Waals surface area contributed by atoms with Crippen LogP contribution < -0.4 is 17.0 Å². The molecule has 0 radical (unpaired) electrons. The predicted octanol–water partition coefficient (Wildman–Crippen LogP) is 2.24. The van der Waals surface area contributed by atoms with Crippen LogP contribution in [0.1, 0.15) is 52.7 Å². The zero-order chi connectivity index (χ0) is 24.4. The Labute approximate surface area is 190 Å². The van der Waals surface area contributed by atoms with Gasteiger partial charge < -0.3 is 10.5 Å². The summed E-state index contributed by atoms with van der Waals surface area (Å²) in [4.78, 5) is 55.6. The Balaban J connectivity index is 1.97. The number of rotatable bonds is 7. The topological polar surface area (TPSA) is 126 Å². The fourth-order valence-electron chi connectivity index (χ4n) is 3.83. The molecule has 3 aromatic rings. The van der Waals surface area contributed by atoms with Gasteiger partial charge in [0.05, 0.1) is 11.1 Å². The van der Waals surface area contributed by atoms with Crippen LogP contribution in [0.2, 0.25) is 0 Å². The molecule has 9 heteroatoms. The van der Waals surface area contributed by atoms with Crippen molar-refractivity contribution in [1.29, 1.82) is 0 Å². The van der Waals surface area contributed by atoms with Crippen molar-refractivity contribution in [3.8, 4) is 0 Å². The Morgan fingerprint density at radius 1 is 1.15 bits per heavy atom. The van der Waals surface area contributed by atoms with Gasteiger partial charge in [0.2, 0.25) is 5.78 Å². The maximum absolute atomic E-state index is 13.0. The molecule has 3 rings (SSSR count). The molecule has 1 aromatic carbocycles. The van der Waals surface area contributed by atoms with E-state index in [0.717, 1.165) is 10.3 Å². The largest absolute Gasteiger partial charge is 0.454 e. The smallest absolute Gasteiger partial charge is 0.339 e. The second-order valence-corrected chi connectivity index (χ2v) is 8.34. The number of Topliss-reactive ketones (excluding diaryl/α,β-unsaturated/α-hetero) is 1. The van der Waals surface area contributed by atoms with Gasteiger partial charge in [-0.1, -0.05) is 39.0 Å². The normalized spacial score (nSPS) is 11.2. The molecule has 33 heavy (non-hydrogen) atoms. The zero-order valence-corrected chi connectivity index (χ0v) is 19.5. The van der Waals surface area contributed by atoms with Crippen molar-refractivity contribution in [2.24, 2.45) is 13.0 Å². The van der Waals surface area contributed by atoms with Crippen molar-refractivity contribution in [1.82, 2.24) is 14.1 Å². The Morgan fingerprint density at radius 2 is 1.82 bits per heavy atom. The molecule has 0 aliphatic heterocycles. The first-order valence-corrected chi connectivity index (χ1v) is 10.8. The van der Waals surface area contributed by atoms with E-state index < -0.39 is 29.6 Å². The molecule has 0 fully saturated rings. The van der Waals surface area contributed by atoms with Crippen molar-refractivity contribution in [2.45, 2.75) is 40.7 Å². The monoisotopic (exact) mass is 452 g/mol. The first kappa shape index (κ1) is 23.9. The Kier molecular flexibility index (Phi) is 6.81. The van der Waals surface area contributed by atoms with Gasteiger partial charge in [-0.05, 0) is 30.9 Å². The number of carbonyl (C=O) groups excluding carboxylic acids is 2. The number of aromatic nitrogens is 3. The second kappa shape index (κ2) is 9.40. The number of ether oxygens (including phenoxy) is 1. The molecule has 2 aromatic heterocycles. The van der Waals surface area contributed by atoms with Gasteiger partial charge in [0, 0.05) is 24.7 Å². The standard InChI is InChI=1S/C24H28N4O5/c1-6-16-14(4)19(15-9-7-8-10-17(15)26-16)23(31)33-12-18(29)20-21(25)28(11-13(2)3)24(32)27(5)22(20)30/h7-10,13H,6,11-12,25H2,1-5H3. The van der Waals surface area contributed by atoms with Crippen LogP contribution in [0.5, 0.6) is 0 Å². The molecule has 0 bridgehead atoms. The summed E-state index contributed by atoms with van der Waals surface area (Å²) in [7, 11) is 1.28. The molecule has 9 nitrogen and oxygen atoms in total. The van der Waals surface area contributed by atoms with Crippen LogP contribution in [0.15, 0.2) is 33.9 Å². The minimum atomic E-state index is -0.822. The SMILES string of the molecule is CCc1nc2ccccc2c(C(=O)OCC(=O)c2c(N)n(CC(C)C)c(=O)n(C)c2=O)c1C. The number of fused-ring (bicyclic) bond motifs is 1. The first-order valence-electron chi connectivity index (χ1n) is 10.8. The molecule has 0 aliphatic rings. The van der Waals surface area contributed by atoms with Crippen molar-refractivity contribution in [3.63, 3.8) is 0 Å². The molecule has 0 saturated carbocycles. The number of pyridine rings is 1. The maximum Gasteiger partial charge on any atom is 0.339 e. The van der Waals surface area contributed by atoms with Crippen LogP contribution in [0.25, 0.3) is 10.9 Å². The molecular weight excluding hydrogens is 424 g/mol. The fraction of sp³-hybridized carbons (Fsp3) is 0.375. The number of nitrogens with zero attached hydrogens (tertiary/aromatic N) is 3. The van der Waals surface area contributed by atoms with Crippen LogP contribution in [0.3, 0.4) is 0 Å². The Bertz CT molecular complexity index is 1370. The van der Waals surface area contributed by atoms with Crippen molar-refractivity contribution >= 4 is 28.5 Å². The summed E-state index contributed by atoms with van der Waals surface area (Å²) in [6.45, 7) is 7.04.